The minimum Gasteiger partial charge on any atom is -0.343 e. The maximum atomic E-state index is 12.7. The molecule has 5 rings (SSSR count). The Labute approximate surface area is 189 Å². The zero-order chi connectivity index (χ0) is 22.1. The van der Waals surface area contributed by atoms with E-state index in [0.717, 1.165) is 61.2 Å². The third-order valence-corrected chi connectivity index (χ3v) is 7.13. The average molecular weight is 430 g/mol. The second-order valence-corrected chi connectivity index (χ2v) is 9.41. The number of carbonyl (C=O) groups excluding carboxylic acids is 2. The van der Waals surface area contributed by atoms with Crippen molar-refractivity contribution < 1.29 is 9.59 Å². The highest BCUT2D eigenvalue weighted by molar-refractivity contribution is 5.98. The van der Waals surface area contributed by atoms with E-state index in [4.69, 9.17) is 4.98 Å². The monoisotopic (exact) mass is 429 g/mol. The van der Waals surface area contributed by atoms with E-state index < -0.39 is 0 Å². The average Bonchev–Trinajstić information content (AvgIpc) is 3.25. The van der Waals surface area contributed by atoms with Crippen molar-refractivity contribution in [2.24, 2.45) is 0 Å². The zero-order valence-electron chi connectivity index (χ0n) is 18.8. The summed E-state index contributed by atoms with van der Waals surface area (Å²) >= 11 is 0. The first-order chi connectivity index (χ1) is 15.6. The fraction of sp³-hybridized carbons (Fsp3) is 0.444. The molecule has 32 heavy (non-hydrogen) atoms. The molecule has 2 heterocycles. The number of aromatic nitrogens is 2. The molecule has 0 atom stereocenters. The van der Waals surface area contributed by atoms with Gasteiger partial charge in [-0.2, -0.15) is 0 Å². The predicted octanol–water partition coefficient (Wildman–Crippen LogP) is 5.12. The third-order valence-electron chi connectivity index (χ3n) is 7.13. The van der Waals surface area contributed by atoms with Gasteiger partial charge in [0.05, 0.1) is 11.0 Å². The number of hydrogen-bond acceptors (Lipinski definition) is 3. The van der Waals surface area contributed by atoms with Gasteiger partial charge in [-0.15, -0.1) is 0 Å². The molecular weight excluding hydrogens is 398 g/mol. The summed E-state index contributed by atoms with van der Waals surface area (Å²) < 4.78 is 0. The number of aryl methyl sites for hydroxylation is 3. The number of hydrogen-bond donors (Lipinski definition) is 1. The molecule has 1 aliphatic heterocycles. The van der Waals surface area contributed by atoms with Gasteiger partial charge in [-0.25, -0.2) is 4.98 Å². The smallest absolute Gasteiger partial charge is 0.223 e. The van der Waals surface area contributed by atoms with Crippen LogP contribution in [0.2, 0.25) is 0 Å². The lowest BCUT2D eigenvalue weighted by atomic mass is 9.89. The number of aromatic amines is 1. The molecular formula is C27H31N3O2. The number of nitrogens with one attached hydrogen (secondary N) is 1. The summed E-state index contributed by atoms with van der Waals surface area (Å²) in [5, 5.41) is 0. The van der Waals surface area contributed by atoms with Crippen LogP contribution in [-0.2, 0) is 17.6 Å². The lowest BCUT2D eigenvalue weighted by molar-refractivity contribution is -0.132. The quantitative estimate of drug-likeness (QED) is 0.573. The second kappa shape index (κ2) is 8.89. The van der Waals surface area contributed by atoms with Crippen LogP contribution in [0.15, 0.2) is 36.4 Å². The topological polar surface area (TPSA) is 66.1 Å². The minimum atomic E-state index is 0.0826. The standard InChI is InChI=1S/C27H31N3O2/c1-18-6-9-23-24(16-18)29-27(28-23)20-12-14-30(15-13-20)26(32)11-10-25(31)22-8-7-19-4-2-3-5-21(19)17-22/h6-9,16-17,20H,2-5,10-15H2,1H3,(H,28,29). The van der Waals surface area contributed by atoms with E-state index >= 15 is 0 Å². The van der Waals surface area contributed by atoms with Crippen molar-refractivity contribution in [1.29, 1.82) is 0 Å². The van der Waals surface area contributed by atoms with Crippen LogP contribution in [0.5, 0.6) is 0 Å². The Hall–Kier alpha value is -2.95. The normalized spacial score (nSPS) is 16.8. The number of imidazole rings is 1. The molecule has 5 heteroatoms. The highest BCUT2D eigenvalue weighted by Crippen LogP contribution is 2.28. The Morgan fingerprint density at radius 3 is 2.59 bits per heavy atom. The number of nitrogens with zero attached hydrogens (tertiary/aromatic N) is 2. The van der Waals surface area contributed by atoms with Crippen molar-refractivity contribution in [3.8, 4) is 0 Å². The van der Waals surface area contributed by atoms with Gasteiger partial charge in [0.1, 0.15) is 5.82 Å². The van der Waals surface area contributed by atoms with E-state index in [0.29, 0.717) is 18.8 Å². The lowest BCUT2D eigenvalue weighted by Crippen LogP contribution is -2.38. The van der Waals surface area contributed by atoms with Gasteiger partial charge in [0.25, 0.3) is 0 Å². The van der Waals surface area contributed by atoms with Crippen molar-refractivity contribution in [1.82, 2.24) is 14.9 Å². The zero-order valence-corrected chi connectivity index (χ0v) is 18.8. The summed E-state index contributed by atoms with van der Waals surface area (Å²) in [4.78, 5) is 35.6. The Morgan fingerprint density at radius 2 is 1.78 bits per heavy atom. The molecule has 1 N–H and O–H groups in total. The van der Waals surface area contributed by atoms with E-state index in [9.17, 15) is 9.59 Å². The molecule has 5 nitrogen and oxygen atoms in total. The molecule has 2 aliphatic rings. The minimum absolute atomic E-state index is 0.0826. The predicted molar refractivity (Wildman–Crippen MR) is 126 cm³/mol. The second-order valence-electron chi connectivity index (χ2n) is 9.41. The molecule has 2 aromatic carbocycles. The van der Waals surface area contributed by atoms with Crippen LogP contribution in [0.4, 0.5) is 0 Å². The van der Waals surface area contributed by atoms with Crippen molar-refractivity contribution in [3.05, 3.63) is 64.5 Å². The molecule has 1 saturated heterocycles. The molecule has 0 bridgehead atoms. The molecule has 1 fully saturated rings. The van der Waals surface area contributed by atoms with Crippen LogP contribution < -0.4 is 0 Å². The van der Waals surface area contributed by atoms with Gasteiger partial charge in [-0.3, -0.25) is 9.59 Å². The van der Waals surface area contributed by atoms with Crippen LogP contribution in [0.25, 0.3) is 11.0 Å². The first-order valence-electron chi connectivity index (χ1n) is 12.0. The number of likely N-dealkylation sites (tertiary alicyclic amines) is 1. The largest absolute Gasteiger partial charge is 0.343 e. The number of fused-ring (bicyclic) bond motifs is 2. The van der Waals surface area contributed by atoms with Gasteiger partial charge in [0, 0.05) is 37.4 Å². The SMILES string of the molecule is Cc1ccc2nc(C3CCN(C(=O)CCC(=O)c4ccc5c(c4)CCCC5)CC3)[nH]c2c1. The van der Waals surface area contributed by atoms with Gasteiger partial charge in [-0.05, 0) is 80.3 Å². The maximum Gasteiger partial charge on any atom is 0.223 e. The summed E-state index contributed by atoms with van der Waals surface area (Å²) in [5.74, 6) is 1.55. The summed E-state index contributed by atoms with van der Waals surface area (Å²) in [5.41, 5.74) is 6.77. The van der Waals surface area contributed by atoms with Crippen LogP contribution in [0.1, 0.15) is 77.3 Å². The number of carbonyl (C=O) groups is 2. The van der Waals surface area contributed by atoms with Crippen LogP contribution in [0.3, 0.4) is 0 Å². The summed E-state index contributed by atoms with van der Waals surface area (Å²) in [6, 6.07) is 12.4. The molecule has 1 aromatic heterocycles. The van der Waals surface area contributed by atoms with E-state index in [1.165, 1.54) is 29.5 Å². The van der Waals surface area contributed by atoms with Crippen molar-refractivity contribution in [2.45, 2.75) is 64.2 Å². The Balaban J connectivity index is 1.14. The first-order valence-corrected chi connectivity index (χ1v) is 12.0. The summed E-state index contributed by atoms with van der Waals surface area (Å²) in [7, 11) is 0. The summed E-state index contributed by atoms with van der Waals surface area (Å²) in [6.45, 7) is 3.54. The fourth-order valence-corrected chi connectivity index (χ4v) is 5.17. The molecule has 0 saturated carbocycles. The lowest BCUT2D eigenvalue weighted by Gasteiger charge is -2.31. The molecule has 166 valence electrons. The number of piperidine rings is 1. The van der Waals surface area contributed by atoms with E-state index in [1.807, 2.05) is 11.0 Å². The molecule has 0 radical (unpaired) electrons. The van der Waals surface area contributed by atoms with Gasteiger partial charge in [0.2, 0.25) is 5.91 Å². The Kier molecular flexibility index (Phi) is 5.81. The number of amides is 1. The van der Waals surface area contributed by atoms with Gasteiger partial charge >= 0.3 is 0 Å². The molecule has 0 unspecified atom stereocenters. The van der Waals surface area contributed by atoms with Gasteiger partial charge in [-0.1, -0.05) is 18.2 Å². The number of benzene rings is 2. The third kappa shape index (κ3) is 4.34. The highest BCUT2D eigenvalue weighted by Gasteiger charge is 2.26. The molecule has 1 aliphatic carbocycles. The van der Waals surface area contributed by atoms with Crippen molar-refractivity contribution in [2.75, 3.05) is 13.1 Å². The van der Waals surface area contributed by atoms with Gasteiger partial charge < -0.3 is 9.88 Å². The molecule has 3 aromatic rings. The number of rotatable bonds is 5. The van der Waals surface area contributed by atoms with Gasteiger partial charge in [0.15, 0.2) is 5.78 Å². The molecule has 0 spiro atoms. The van der Waals surface area contributed by atoms with E-state index in [1.54, 1.807) is 0 Å². The van der Waals surface area contributed by atoms with E-state index in [2.05, 4.69) is 42.2 Å². The van der Waals surface area contributed by atoms with Crippen LogP contribution in [-0.4, -0.2) is 39.6 Å². The Morgan fingerprint density at radius 1 is 1.00 bits per heavy atom. The summed E-state index contributed by atoms with van der Waals surface area (Å²) in [6.07, 6.45) is 7.02. The fourth-order valence-electron chi connectivity index (χ4n) is 5.17. The van der Waals surface area contributed by atoms with Crippen molar-refractivity contribution >= 4 is 22.7 Å². The first kappa shape index (κ1) is 20.9. The van der Waals surface area contributed by atoms with E-state index in [-0.39, 0.29) is 11.7 Å². The van der Waals surface area contributed by atoms with Crippen LogP contribution >= 0.6 is 0 Å². The molecule has 1 amide bonds. The van der Waals surface area contributed by atoms with Crippen molar-refractivity contribution in [3.63, 3.8) is 0 Å². The maximum absolute atomic E-state index is 12.7. The highest BCUT2D eigenvalue weighted by atomic mass is 16.2. The Bertz CT molecular complexity index is 1150. The number of Topliss-reactive ketones (excluding diaryl/α,β-unsaturated/α-hetero) is 1. The van der Waals surface area contributed by atoms with Crippen LogP contribution in [0, 0.1) is 6.92 Å². The number of H-pyrrole nitrogens is 1. The number of ketones is 1.